The smallest absolute Gasteiger partial charge is 0.317 e. The van der Waals surface area contributed by atoms with E-state index in [1.54, 1.807) is 0 Å². The van der Waals surface area contributed by atoms with Crippen molar-refractivity contribution in [3.63, 3.8) is 0 Å². The van der Waals surface area contributed by atoms with E-state index < -0.39 is 5.97 Å². The molecule has 1 aromatic carbocycles. The Hall–Kier alpha value is -1.55. The molecule has 17 heavy (non-hydrogen) atoms. The number of nitrogens with zero attached hydrogens (tertiary/aromatic N) is 2. The van der Waals surface area contributed by atoms with Crippen molar-refractivity contribution < 1.29 is 9.90 Å². The van der Waals surface area contributed by atoms with Gasteiger partial charge in [0.25, 0.3) is 0 Å². The molecule has 0 unspecified atom stereocenters. The highest BCUT2D eigenvalue weighted by Gasteiger charge is 2.24. The molecule has 1 heterocycles. The fourth-order valence-corrected chi connectivity index (χ4v) is 2.39. The van der Waals surface area contributed by atoms with Crippen LogP contribution in [0.25, 0.3) is 0 Å². The van der Waals surface area contributed by atoms with Gasteiger partial charge in [0.2, 0.25) is 0 Å². The van der Waals surface area contributed by atoms with Crippen LogP contribution in [0.4, 0.5) is 5.69 Å². The number of para-hydroxylation sites is 1. The van der Waals surface area contributed by atoms with Gasteiger partial charge >= 0.3 is 5.97 Å². The summed E-state index contributed by atoms with van der Waals surface area (Å²) in [5.74, 6) is -0.765. The van der Waals surface area contributed by atoms with Crippen molar-refractivity contribution >= 4 is 11.7 Å². The lowest BCUT2D eigenvalue weighted by Crippen LogP contribution is -2.40. The minimum atomic E-state index is -0.765. The van der Waals surface area contributed by atoms with Crippen molar-refractivity contribution in [2.24, 2.45) is 0 Å². The van der Waals surface area contributed by atoms with E-state index in [2.05, 4.69) is 31.0 Å². The first-order chi connectivity index (χ1) is 8.08. The Kier molecular flexibility index (Phi) is 3.33. The zero-order valence-corrected chi connectivity index (χ0v) is 10.3. The Bertz CT molecular complexity index is 420. The number of aliphatic carboxylic acids is 1. The molecule has 0 aliphatic carbocycles. The number of hydrogen-bond acceptors (Lipinski definition) is 3. The average molecular weight is 234 g/mol. The van der Waals surface area contributed by atoms with Gasteiger partial charge in [0, 0.05) is 31.9 Å². The van der Waals surface area contributed by atoms with Crippen molar-refractivity contribution in [3.8, 4) is 0 Å². The number of rotatable bonds is 2. The molecule has 0 aromatic heterocycles. The van der Waals surface area contributed by atoms with E-state index in [4.69, 9.17) is 5.11 Å². The molecule has 0 fully saturated rings. The van der Waals surface area contributed by atoms with Gasteiger partial charge in [0.05, 0.1) is 6.54 Å². The highest BCUT2D eigenvalue weighted by atomic mass is 16.4. The van der Waals surface area contributed by atoms with Gasteiger partial charge in [-0.1, -0.05) is 18.2 Å². The lowest BCUT2D eigenvalue weighted by atomic mass is 10.1. The van der Waals surface area contributed by atoms with E-state index >= 15 is 0 Å². The first kappa shape index (κ1) is 11.9. The molecule has 0 saturated heterocycles. The van der Waals surface area contributed by atoms with Gasteiger partial charge in [-0.3, -0.25) is 9.69 Å². The standard InChI is InChI=1S/C13H18N2O2/c1-10-7-14(2)12-6-4-3-5-11(12)8-15(10)9-13(16)17/h3-6,10H,7-9H2,1-2H3,(H,16,17)/t10-/m1/s1. The topological polar surface area (TPSA) is 43.8 Å². The molecule has 1 N–H and O–H groups in total. The highest BCUT2D eigenvalue weighted by molar-refractivity contribution is 5.69. The van der Waals surface area contributed by atoms with E-state index in [9.17, 15) is 4.79 Å². The maximum atomic E-state index is 10.9. The summed E-state index contributed by atoms with van der Waals surface area (Å²) in [6.45, 7) is 3.73. The summed E-state index contributed by atoms with van der Waals surface area (Å²) < 4.78 is 0. The molecule has 1 aliphatic heterocycles. The lowest BCUT2D eigenvalue weighted by Gasteiger charge is -2.26. The van der Waals surface area contributed by atoms with E-state index in [1.165, 1.54) is 11.3 Å². The largest absolute Gasteiger partial charge is 0.480 e. The Labute approximate surface area is 101 Å². The number of hydrogen-bond donors (Lipinski definition) is 1. The van der Waals surface area contributed by atoms with Crippen LogP contribution in [0.1, 0.15) is 12.5 Å². The van der Waals surface area contributed by atoms with Crippen LogP contribution in [0.5, 0.6) is 0 Å². The number of fused-ring (bicyclic) bond motifs is 1. The minimum Gasteiger partial charge on any atom is -0.480 e. The number of anilines is 1. The third-order valence-electron chi connectivity index (χ3n) is 3.28. The van der Waals surface area contributed by atoms with Gasteiger partial charge in [-0.2, -0.15) is 0 Å². The Morgan fingerprint density at radius 2 is 2.18 bits per heavy atom. The molecule has 4 heteroatoms. The van der Waals surface area contributed by atoms with E-state index in [0.29, 0.717) is 6.54 Å². The van der Waals surface area contributed by atoms with E-state index in [-0.39, 0.29) is 12.6 Å². The molecule has 1 aromatic rings. The SMILES string of the molecule is C[C@@H]1CN(C)c2ccccc2CN1CC(=O)O. The fourth-order valence-electron chi connectivity index (χ4n) is 2.39. The Morgan fingerprint density at radius 1 is 1.47 bits per heavy atom. The molecule has 0 radical (unpaired) electrons. The lowest BCUT2D eigenvalue weighted by molar-refractivity contribution is -0.138. The fraction of sp³-hybridized carbons (Fsp3) is 0.462. The molecular formula is C13H18N2O2. The first-order valence-corrected chi connectivity index (χ1v) is 5.83. The van der Waals surface area contributed by atoms with Crippen molar-refractivity contribution in [2.75, 3.05) is 25.0 Å². The second-order valence-electron chi connectivity index (χ2n) is 4.66. The molecule has 1 atom stereocenters. The minimum absolute atomic E-state index is 0.101. The molecular weight excluding hydrogens is 216 g/mol. The normalized spacial score (nSPS) is 20.8. The molecule has 0 bridgehead atoms. The first-order valence-electron chi connectivity index (χ1n) is 5.83. The Morgan fingerprint density at radius 3 is 2.88 bits per heavy atom. The number of benzene rings is 1. The molecule has 4 nitrogen and oxygen atoms in total. The van der Waals surface area contributed by atoms with Gasteiger partial charge in [0.1, 0.15) is 0 Å². The second-order valence-corrected chi connectivity index (χ2v) is 4.66. The number of carbonyl (C=O) groups is 1. The van der Waals surface area contributed by atoms with Crippen molar-refractivity contribution in [1.29, 1.82) is 0 Å². The summed E-state index contributed by atoms with van der Waals surface area (Å²) in [6, 6.07) is 8.42. The quantitative estimate of drug-likeness (QED) is 0.840. The van der Waals surface area contributed by atoms with Crippen LogP contribution in [0.2, 0.25) is 0 Å². The van der Waals surface area contributed by atoms with Crippen LogP contribution in [0.3, 0.4) is 0 Å². The van der Waals surface area contributed by atoms with Gasteiger partial charge in [-0.05, 0) is 18.6 Å². The summed E-state index contributed by atoms with van der Waals surface area (Å²) >= 11 is 0. The summed E-state index contributed by atoms with van der Waals surface area (Å²) in [6.07, 6.45) is 0. The third kappa shape index (κ3) is 2.58. The number of carboxylic acids is 1. The number of likely N-dealkylation sites (N-methyl/N-ethyl adjacent to an activating group) is 1. The van der Waals surface area contributed by atoms with Crippen LogP contribution in [0.15, 0.2) is 24.3 Å². The third-order valence-corrected chi connectivity index (χ3v) is 3.28. The van der Waals surface area contributed by atoms with Gasteiger partial charge in [0.15, 0.2) is 0 Å². The van der Waals surface area contributed by atoms with Crippen molar-refractivity contribution in [3.05, 3.63) is 29.8 Å². The molecule has 92 valence electrons. The van der Waals surface area contributed by atoms with Crippen LogP contribution < -0.4 is 4.90 Å². The maximum absolute atomic E-state index is 10.9. The van der Waals surface area contributed by atoms with E-state index in [0.717, 1.165) is 6.54 Å². The molecule has 1 aliphatic rings. The highest BCUT2D eigenvalue weighted by Crippen LogP contribution is 2.25. The number of carboxylic acid groups (broad SMARTS) is 1. The zero-order valence-electron chi connectivity index (χ0n) is 10.3. The molecule has 2 rings (SSSR count). The molecule has 0 spiro atoms. The predicted octanol–water partition coefficient (Wildman–Crippen LogP) is 1.41. The van der Waals surface area contributed by atoms with Crippen LogP contribution in [-0.4, -0.2) is 42.2 Å². The monoisotopic (exact) mass is 234 g/mol. The van der Waals surface area contributed by atoms with E-state index in [1.807, 2.05) is 17.0 Å². The summed E-state index contributed by atoms with van der Waals surface area (Å²) in [5.41, 5.74) is 2.40. The Balaban J connectivity index is 2.28. The molecule has 0 amide bonds. The summed E-state index contributed by atoms with van der Waals surface area (Å²) in [4.78, 5) is 15.1. The van der Waals surface area contributed by atoms with Gasteiger partial charge < -0.3 is 10.0 Å². The molecule has 0 saturated carbocycles. The average Bonchev–Trinajstić information content (AvgIpc) is 2.38. The van der Waals surface area contributed by atoms with Crippen molar-refractivity contribution in [2.45, 2.75) is 19.5 Å². The second kappa shape index (κ2) is 4.75. The van der Waals surface area contributed by atoms with Crippen LogP contribution in [-0.2, 0) is 11.3 Å². The van der Waals surface area contributed by atoms with Crippen molar-refractivity contribution in [1.82, 2.24) is 4.90 Å². The van der Waals surface area contributed by atoms with Crippen LogP contribution in [0, 0.1) is 0 Å². The summed E-state index contributed by atoms with van der Waals surface area (Å²) in [5, 5.41) is 8.93. The predicted molar refractivity (Wildman–Crippen MR) is 67.2 cm³/mol. The van der Waals surface area contributed by atoms with Crippen LogP contribution >= 0.6 is 0 Å². The van der Waals surface area contributed by atoms with Gasteiger partial charge in [-0.15, -0.1) is 0 Å². The van der Waals surface area contributed by atoms with Gasteiger partial charge in [-0.25, -0.2) is 0 Å². The summed E-state index contributed by atoms with van der Waals surface area (Å²) in [7, 11) is 2.06. The zero-order chi connectivity index (χ0) is 12.4. The maximum Gasteiger partial charge on any atom is 0.317 e.